The zero-order chi connectivity index (χ0) is 17.0. The van der Waals surface area contributed by atoms with Crippen molar-refractivity contribution in [3.8, 4) is 5.75 Å². The normalized spacial score (nSPS) is 10.8. The molecule has 0 spiro atoms. The van der Waals surface area contributed by atoms with Gasteiger partial charge in [0.25, 0.3) is 15.6 Å². The van der Waals surface area contributed by atoms with Gasteiger partial charge in [-0.15, -0.1) is 0 Å². The number of aromatic amines is 2. The number of carbonyl (C=O) groups excluding carboxylic acids is 1. The number of urea groups is 1. The van der Waals surface area contributed by atoms with E-state index in [9.17, 15) is 18.0 Å². The Kier molecular flexibility index (Phi) is 4.81. The molecule has 122 valence electrons. The summed E-state index contributed by atoms with van der Waals surface area (Å²) in [4.78, 5) is 27.2. The second-order valence-corrected chi connectivity index (χ2v) is 6.28. The highest BCUT2D eigenvalue weighted by atomic mass is 32.2. The molecule has 23 heavy (non-hydrogen) atoms. The molecular weight excluding hydrogens is 344 g/mol. The molecule has 2 aromatic rings. The third-order valence-corrected chi connectivity index (χ3v) is 4.21. The summed E-state index contributed by atoms with van der Waals surface area (Å²) < 4.78 is 30.7. The van der Waals surface area contributed by atoms with Crippen LogP contribution in [0.25, 0.3) is 0 Å². The molecule has 11 heteroatoms. The summed E-state index contributed by atoms with van der Waals surface area (Å²) >= 11 is 4.66. The number of anilines is 1. The molecule has 1 aromatic heterocycles. The standard InChI is InChI=1S/C12H12N4O5S2/c1-21-8-4-2-7(3-5-8)14-11(18)16-23(19,20)9-6-13-12(22)15-10(9)17/h2-6H,1H3,(H2,14,16,18)(H2,13,15,17,22). The maximum absolute atomic E-state index is 12.0. The average molecular weight is 356 g/mol. The first-order valence-corrected chi connectivity index (χ1v) is 8.01. The number of hydrogen-bond donors (Lipinski definition) is 4. The Morgan fingerprint density at radius 2 is 1.91 bits per heavy atom. The quantitative estimate of drug-likeness (QED) is 0.603. The molecule has 0 atom stereocenters. The number of H-pyrrole nitrogens is 2. The lowest BCUT2D eigenvalue weighted by Gasteiger charge is -2.08. The molecule has 1 heterocycles. The number of rotatable bonds is 4. The molecule has 0 unspecified atom stereocenters. The molecule has 0 aliphatic rings. The topological polar surface area (TPSA) is 133 Å². The van der Waals surface area contributed by atoms with Crippen molar-refractivity contribution in [1.82, 2.24) is 14.7 Å². The lowest BCUT2D eigenvalue weighted by molar-refractivity contribution is 0.256. The summed E-state index contributed by atoms with van der Waals surface area (Å²) in [6.07, 6.45) is 0.907. The summed E-state index contributed by atoms with van der Waals surface area (Å²) in [5, 5.41) is 2.32. The maximum Gasteiger partial charge on any atom is 0.333 e. The molecule has 0 aliphatic heterocycles. The van der Waals surface area contributed by atoms with Crippen LogP contribution in [0.1, 0.15) is 0 Å². The molecule has 0 bridgehead atoms. The van der Waals surface area contributed by atoms with Crippen molar-refractivity contribution in [3.63, 3.8) is 0 Å². The minimum atomic E-state index is -4.35. The second kappa shape index (κ2) is 6.62. The Morgan fingerprint density at radius 3 is 2.48 bits per heavy atom. The van der Waals surface area contributed by atoms with Crippen molar-refractivity contribution in [2.24, 2.45) is 0 Å². The van der Waals surface area contributed by atoms with E-state index in [0.29, 0.717) is 11.4 Å². The number of aromatic nitrogens is 2. The van der Waals surface area contributed by atoms with Crippen LogP contribution in [-0.2, 0) is 10.0 Å². The van der Waals surface area contributed by atoms with Gasteiger partial charge < -0.3 is 15.0 Å². The minimum absolute atomic E-state index is 0.0309. The second-order valence-electron chi connectivity index (χ2n) is 4.22. The smallest absolute Gasteiger partial charge is 0.333 e. The van der Waals surface area contributed by atoms with Gasteiger partial charge in [-0.2, -0.15) is 0 Å². The number of benzene rings is 1. The fourth-order valence-electron chi connectivity index (χ4n) is 1.61. The third kappa shape index (κ3) is 4.17. The van der Waals surface area contributed by atoms with Gasteiger partial charge in [0, 0.05) is 11.9 Å². The summed E-state index contributed by atoms with van der Waals surface area (Å²) in [6, 6.07) is 5.21. The summed E-state index contributed by atoms with van der Waals surface area (Å²) in [6.45, 7) is 0. The highest BCUT2D eigenvalue weighted by Gasteiger charge is 2.21. The van der Waals surface area contributed by atoms with Crippen molar-refractivity contribution in [3.05, 3.63) is 45.6 Å². The average Bonchev–Trinajstić information content (AvgIpc) is 2.46. The van der Waals surface area contributed by atoms with E-state index in [2.05, 4.69) is 27.5 Å². The molecule has 2 rings (SSSR count). The zero-order valence-corrected chi connectivity index (χ0v) is 13.4. The van der Waals surface area contributed by atoms with Crippen LogP contribution in [0.4, 0.5) is 10.5 Å². The first kappa shape index (κ1) is 16.7. The Balaban J connectivity index is 2.14. The van der Waals surface area contributed by atoms with Crippen LogP contribution in [0.15, 0.2) is 40.2 Å². The maximum atomic E-state index is 12.0. The van der Waals surface area contributed by atoms with Crippen LogP contribution in [0.2, 0.25) is 0 Å². The van der Waals surface area contributed by atoms with E-state index in [1.807, 2.05) is 0 Å². The summed E-state index contributed by atoms with van der Waals surface area (Å²) in [5.74, 6) is 0.578. The van der Waals surface area contributed by atoms with Crippen LogP contribution < -0.4 is 20.3 Å². The molecule has 2 amide bonds. The Hall–Kier alpha value is -2.66. The van der Waals surface area contributed by atoms with Crippen LogP contribution in [-0.4, -0.2) is 31.5 Å². The van der Waals surface area contributed by atoms with Gasteiger partial charge >= 0.3 is 6.03 Å². The number of sulfonamides is 1. The summed E-state index contributed by atoms with van der Waals surface area (Å²) in [5.41, 5.74) is -0.585. The molecule has 4 N–H and O–H groups in total. The van der Waals surface area contributed by atoms with Crippen LogP contribution in [0, 0.1) is 4.77 Å². The predicted octanol–water partition coefficient (Wildman–Crippen LogP) is 0.951. The molecule has 1 aromatic carbocycles. The highest BCUT2D eigenvalue weighted by Crippen LogP contribution is 2.14. The van der Waals surface area contributed by atoms with E-state index in [-0.39, 0.29) is 4.77 Å². The number of nitrogens with one attached hydrogen (secondary N) is 4. The van der Waals surface area contributed by atoms with Gasteiger partial charge in [-0.25, -0.2) is 17.9 Å². The van der Waals surface area contributed by atoms with Crippen molar-refractivity contribution in [1.29, 1.82) is 0 Å². The van der Waals surface area contributed by atoms with E-state index < -0.39 is 26.5 Å². The number of methoxy groups -OCH3 is 1. The molecule has 0 fully saturated rings. The predicted molar refractivity (Wildman–Crippen MR) is 84.6 cm³/mol. The van der Waals surface area contributed by atoms with Crippen LogP contribution >= 0.6 is 12.2 Å². The van der Waals surface area contributed by atoms with Crippen molar-refractivity contribution >= 4 is 34.0 Å². The Labute approximate surface area is 135 Å². The molecule has 0 aliphatic carbocycles. The molecule has 0 radical (unpaired) electrons. The van der Waals surface area contributed by atoms with E-state index in [4.69, 9.17) is 4.74 Å². The van der Waals surface area contributed by atoms with E-state index in [1.54, 1.807) is 16.9 Å². The zero-order valence-electron chi connectivity index (χ0n) is 11.7. The monoisotopic (exact) mass is 356 g/mol. The van der Waals surface area contributed by atoms with Gasteiger partial charge in [0.2, 0.25) is 0 Å². The largest absolute Gasteiger partial charge is 0.497 e. The van der Waals surface area contributed by atoms with Crippen molar-refractivity contribution < 1.29 is 17.9 Å². The van der Waals surface area contributed by atoms with Crippen molar-refractivity contribution in [2.45, 2.75) is 4.90 Å². The van der Waals surface area contributed by atoms with E-state index in [0.717, 1.165) is 6.20 Å². The fourth-order valence-corrected chi connectivity index (χ4v) is 2.67. The molecule has 0 saturated heterocycles. The number of hydrogen-bond acceptors (Lipinski definition) is 6. The SMILES string of the molecule is COc1ccc(NC(=O)NS(=O)(=O)c2c[nH]c(=S)[nH]c2=O)cc1. The van der Waals surface area contributed by atoms with Crippen LogP contribution in [0.5, 0.6) is 5.75 Å². The van der Waals surface area contributed by atoms with Gasteiger partial charge in [0.05, 0.1) is 7.11 Å². The minimum Gasteiger partial charge on any atom is -0.497 e. The number of amides is 2. The lowest BCUT2D eigenvalue weighted by atomic mass is 10.3. The molecule has 0 saturated carbocycles. The lowest BCUT2D eigenvalue weighted by Crippen LogP contribution is -2.37. The number of ether oxygens (including phenoxy) is 1. The highest BCUT2D eigenvalue weighted by molar-refractivity contribution is 7.90. The van der Waals surface area contributed by atoms with Gasteiger partial charge in [-0.05, 0) is 36.5 Å². The molecule has 9 nitrogen and oxygen atoms in total. The third-order valence-electron chi connectivity index (χ3n) is 2.65. The van der Waals surface area contributed by atoms with Crippen LogP contribution in [0.3, 0.4) is 0 Å². The van der Waals surface area contributed by atoms with E-state index in [1.165, 1.54) is 19.2 Å². The van der Waals surface area contributed by atoms with Gasteiger partial charge in [-0.3, -0.25) is 9.78 Å². The van der Waals surface area contributed by atoms with Gasteiger partial charge in [0.15, 0.2) is 9.67 Å². The van der Waals surface area contributed by atoms with Gasteiger partial charge in [0.1, 0.15) is 5.75 Å². The van der Waals surface area contributed by atoms with Gasteiger partial charge in [-0.1, -0.05) is 0 Å². The Bertz CT molecular complexity index is 931. The summed E-state index contributed by atoms with van der Waals surface area (Å²) in [7, 11) is -2.86. The van der Waals surface area contributed by atoms with E-state index >= 15 is 0 Å². The van der Waals surface area contributed by atoms with Crippen molar-refractivity contribution in [2.75, 3.05) is 12.4 Å². The fraction of sp³-hybridized carbons (Fsp3) is 0.0833. The Morgan fingerprint density at radius 1 is 1.26 bits per heavy atom. The molecular formula is C12H12N4O5S2. The first-order valence-electron chi connectivity index (χ1n) is 6.12. The first-order chi connectivity index (χ1) is 10.8. The number of carbonyl (C=O) groups is 1.